The van der Waals surface area contributed by atoms with Gasteiger partial charge >= 0.3 is 17.9 Å². The summed E-state index contributed by atoms with van der Waals surface area (Å²) in [6.45, 7) is 6.50. The van der Waals surface area contributed by atoms with Gasteiger partial charge in [0.25, 0.3) is 0 Å². The third kappa shape index (κ3) is 59.7. The number of carbonyl (C=O) groups is 3. The Bertz CT molecular complexity index is 1370. The van der Waals surface area contributed by atoms with E-state index >= 15 is 0 Å². The summed E-state index contributed by atoms with van der Waals surface area (Å²) in [5, 5.41) is 0. The summed E-state index contributed by atoms with van der Waals surface area (Å²) in [7, 11) is 0. The molecular formula is C68H120O6. The molecule has 428 valence electrons. The molecule has 0 fully saturated rings. The minimum absolute atomic E-state index is 0.0742. The molecule has 0 rings (SSSR count). The van der Waals surface area contributed by atoms with Gasteiger partial charge in [-0.05, 0) is 89.9 Å². The van der Waals surface area contributed by atoms with Crippen molar-refractivity contribution in [3.63, 3.8) is 0 Å². The molecule has 0 radical (unpaired) electrons. The van der Waals surface area contributed by atoms with E-state index in [1.54, 1.807) is 0 Å². The average molecular weight is 1030 g/mol. The second kappa shape index (κ2) is 62.4. The van der Waals surface area contributed by atoms with Gasteiger partial charge in [0, 0.05) is 19.3 Å². The Balaban J connectivity index is 4.07. The van der Waals surface area contributed by atoms with Crippen LogP contribution in [0, 0.1) is 0 Å². The van der Waals surface area contributed by atoms with Gasteiger partial charge in [-0.2, -0.15) is 0 Å². The number of carbonyl (C=O) groups excluding carboxylic acids is 3. The Labute approximate surface area is 459 Å². The fourth-order valence-electron chi connectivity index (χ4n) is 9.17. The van der Waals surface area contributed by atoms with Crippen LogP contribution in [0.15, 0.2) is 72.9 Å². The largest absolute Gasteiger partial charge is 0.462 e. The molecule has 0 N–H and O–H groups in total. The van der Waals surface area contributed by atoms with Gasteiger partial charge in [-0.3, -0.25) is 14.4 Å². The predicted octanol–water partition coefficient (Wildman–Crippen LogP) is 21.7. The molecular weight excluding hydrogens is 913 g/mol. The monoisotopic (exact) mass is 1030 g/mol. The zero-order valence-electron chi connectivity index (χ0n) is 49.1. The summed E-state index contributed by atoms with van der Waals surface area (Å²) in [6, 6.07) is 0. The summed E-state index contributed by atoms with van der Waals surface area (Å²) in [6.07, 6.45) is 80.8. The fourth-order valence-corrected chi connectivity index (χ4v) is 9.17. The Kier molecular flexibility index (Phi) is 59.7. The van der Waals surface area contributed by atoms with Gasteiger partial charge in [-0.15, -0.1) is 0 Å². The number of allylic oxidation sites excluding steroid dienone is 12. The van der Waals surface area contributed by atoms with Crippen molar-refractivity contribution in [1.82, 2.24) is 0 Å². The first kappa shape index (κ1) is 70.8. The van der Waals surface area contributed by atoms with E-state index in [1.165, 1.54) is 186 Å². The zero-order chi connectivity index (χ0) is 53.6. The van der Waals surface area contributed by atoms with Crippen LogP contribution >= 0.6 is 0 Å². The van der Waals surface area contributed by atoms with Gasteiger partial charge in [-0.25, -0.2) is 0 Å². The third-order valence-electron chi connectivity index (χ3n) is 13.9. The summed E-state index contributed by atoms with van der Waals surface area (Å²) in [5.74, 6) is -0.872. The van der Waals surface area contributed by atoms with Crippen molar-refractivity contribution in [3.8, 4) is 0 Å². The molecule has 0 aromatic rings. The molecule has 0 aliphatic carbocycles. The predicted molar refractivity (Wildman–Crippen MR) is 321 cm³/mol. The topological polar surface area (TPSA) is 78.9 Å². The number of hydrogen-bond donors (Lipinski definition) is 0. The van der Waals surface area contributed by atoms with Crippen molar-refractivity contribution in [2.75, 3.05) is 13.2 Å². The highest BCUT2D eigenvalue weighted by Gasteiger charge is 2.19. The Morgan fingerprint density at radius 3 is 0.851 bits per heavy atom. The van der Waals surface area contributed by atoms with Crippen molar-refractivity contribution in [3.05, 3.63) is 72.9 Å². The van der Waals surface area contributed by atoms with E-state index in [2.05, 4.69) is 93.7 Å². The van der Waals surface area contributed by atoms with E-state index in [9.17, 15) is 14.4 Å². The Hall–Kier alpha value is -3.15. The van der Waals surface area contributed by atoms with Crippen molar-refractivity contribution >= 4 is 17.9 Å². The maximum Gasteiger partial charge on any atom is 0.306 e. The standard InChI is InChI=1S/C68H120O6/c1-4-7-10-13-16-19-21-23-25-27-28-29-30-31-32-33-34-35-36-37-38-39-40-42-43-45-47-49-52-55-58-61-67(70)73-64-65(63-72-66(69)60-57-54-51-18-15-12-9-6-3)74-68(71)62-59-56-53-50-48-46-44-41-26-24-22-20-17-14-11-8-5-2/h7,10,16-17,19-20,23-26,28-29,65H,4-6,8-9,11-15,18,21-22,27,30-64H2,1-3H3/b10-7-,19-16-,20-17-,25-23-,26-24-,29-28-. The molecule has 0 saturated heterocycles. The smallest absolute Gasteiger partial charge is 0.306 e. The van der Waals surface area contributed by atoms with Crippen molar-refractivity contribution < 1.29 is 28.6 Å². The second-order valence-corrected chi connectivity index (χ2v) is 21.3. The number of unbranched alkanes of at least 4 members (excludes halogenated alkanes) is 35. The van der Waals surface area contributed by atoms with E-state index in [1.807, 2.05) is 0 Å². The van der Waals surface area contributed by atoms with Gasteiger partial charge in [0.15, 0.2) is 6.10 Å². The van der Waals surface area contributed by atoms with Gasteiger partial charge < -0.3 is 14.2 Å². The van der Waals surface area contributed by atoms with E-state index < -0.39 is 6.10 Å². The molecule has 0 aliphatic rings. The highest BCUT2D eigenvalue weighted by atomic mass is 16.6. The fraction of sp³-hybridized carbons (Fsp3) is 0.779. The first-order valence-electron chi connectivity index (χ1n) is 31.9. The van der Waals surface area contributed by atoms with Crippen LogP contribution in [0.5, 0.6) is 0 Å². The lowest BCUT2D eigenvalue weighted by Crippen LogP contribution is -2.30. The van der Waals surface area contributed by atoms with Crippen LogP contribution in [-0.2, 0) is 28.6 Å². The van der Waals surface area contributed by atoms with Crippen molar-refractivity contribution in [2.24, 2.45) is 0 Å². The van der Waals surface area contributed by atoms with Gasteiger partial charge in [0.1, 0.15) is 13.2 Å². The third-order valence-corrected chi connectivity index (χ3v) is 13.9. The first-order chi connectivity index (χ1) is 36.5. The second-order valence-electron chi connectivity index (χ2n) is 21.3. The van der Waals surface area contributed by atoms with Crippen LogP contribution in [0.3, 0.4) is 0 Å². The van der Waals surface area contributed by atoms with Crippen molar-refractivity contribution in [1.29, 1.82) is 0 Å². The highest BCUT2D eigenvalue weighted by molar-refractivity contribution is 5.71. The van der Waals surface area contributed by atoms with E-state index in [4.69, 9.17) is 14.2 Å². The maximum atomic E-state index is 12.8. The Morgan fingerprint density at radius 2 is 0.527 bits per heavy atom. The summed E-state index contributed by atoms with van der Waals surface area (Å²) in [5.41, 5.74) is 0. The Morgan fingerprint density at radius 1 is 0.284 bits per heavy atom. The van der Waals surface area contributed by atoms with Gasteiger partial charge in [-0.1, -0.05) is 286 Å². The molecule has 0 saturated carbocycles. The molecule has 0 aromatic heterocycles. The molecule has 6 nitrogen and oxygen atoms in total. The van der Waals surface area contributed by atoms with Crippen LogP contribution in [0.2, 0.25) is 0 Å². The lowest BCUT2D eigenvalue weighted by atomic mass is 10.0. The van der Waals surface area contributed by atoms with E-state index in [-0.39, 0.29) is 31.1 Å². The molecule has 0 aromatic carbocycles. The van der Waals surface area contributed by atoms with Crippen LogP contribution in [0.4, 0.5) is 0 Å². The van der Waals surface area contributed by atoms with Crippen LogP contribution in [0.25, 0.3) is 0 Å². The van der Waals surface area contributed by atoms with Crippen LogP contribution in [-0.4, -0.2) is 37.2 Å². The minimum Gasteiger partial charge on any atom is -0.462 e. The molecule has 6 heteroatoms. The molecule has 0 amide bonds. The normalized spacial score (nSPS) is 12.5. The minimum atomic E-state index is -0.775. The molecule has 1 unspecified atom stereocenters. The lowest BCUT2D eigenvalue weighted by Gasteiger charge is -2.18. The van der Waals surface area contributed by atoms with E-state index in [0.717, 1.165) is 96.3 Å². The molecule has 74 heavy (non-hydrogen) atoms. The summed E-state index contributed by atoms with van der Waals surface area (Å²) < 4.78 is 16.8. The van der Waals surface area contributed by atoms with Crippen LogP contribution < -0.4 is 0 Å². The van der Waals surface area contributed by atoms with Gasteiger partial charge in [0.05, 0.1) is 0 Å². The number of ether oxygens (including phenoxy) is 3. The number of hydrogen-bond acceptors (Lipinski definition) is 6. The van der Waals surface area contributed by atoms with Crippen molar-refractivity contribution in [2.45, 2.75) is 329 Å². The quantitative estimate of drug-likeness (QED) is 0.0261. The highest BCUT2D eigenvalue weighted by Crippen LogP contribution is 2.17. The van der Waals surface area contributed by atoms with Gasteiger partial charge in [0.2, 0.25) is 0 Å². The average Bonchev–Trinajstić information content (AvgIpc) is 3.40. The lowest BCUT2D eigenvalue weighted by molar-refractivity contribution is -0.167. The summed E-state index contributed by atoms with van der Waals surface area (Å²) in [4.78, 5) is 38.1. The summed E-state index contributed by atoms with van der Waals surface area (Å²) >= 11 is 0. The van der Waals surface area contributed by atoms with Crippen LogP contribution in [0.1, 0.15) is 323 Å². The molecule has 0 bridgehead atoms. The van der Waals surface area contributed by atoms with E-state index in [0.29, 0.717) is 19.3 Å². The number of rotatable bonds is 58. The SMILES string of the molecule is CC/C=C\C/C=C\C/C=C\C/C=C\CCCCCCCCCCCCCCCCCCCCC(=O)OCC(COC(=O)CCCCCCCCCC)OC(=O)CCCCCCCCC/C=C\C/C=C\CCCCC. The molecule has 0 heterocycles. The first-order valence-corrected chi connectivity index (χ1v) is 31.9. The maximum absolute atomic E-state index is 12.8. The molecule has 0 aliphatic heterocycles. The zero-order valence-corrected chi connectivity index (χ0v) is 49.1. The molecule has 1 atom stereocenters. The molecule has 0 spiro atoms. The number of esters is 3.